The van der Waals surface area contributed by atoms with Crippen molar-refractivity contribution >= 4 is 5.97 Å². The van der Waals surface area contributed by atoms with Crippen molar-refractivity contribution in [3.63, 3.8) is 0 Å². The number of hydrogen-bond acceptors (Lipinski definition) is 2. The van der Waals surface area contributed by atoms with Crippen LogP contribution in [0.15, 0.2) is 0 Å². The van der Waals surface area contributed by atoms with E-state index >= 15 is 0 Å². The van der Waals surface area contributed by atoms with Crippen molar-refractivity contribution in [1.82, 2.24) is 4.90 Å². The van der Waals surface area contributed by atoms with E-state index in [1.807, 2.05) is 13.8 Å². The van der Waals surface area contributed by atoms with Crippen LogP contribution in [-0.2, 0) is 4.79 Å². The maximum Gasteiger partial charge on any atom is 0.310 e. The number of nitrogens with zero attached hydrogens (tertiary/aromatic N) is 1. The van der Waals surface area contributed by atoms with E-state index < -0.39 is 11.4 Å². The topological polar surface area (TPSA) is 40.5 Å². The van der Waals surface area contributed by atoms with Gasteiger partial charge in [0.15, 0.2) is 0 Å². The van der Waals surface area contributed by atoms with Gasteiger partial charge in [-0.3, -0.25) is 4.79 Å². The Morgan fingerprint density at radius 3 is 2.00 bits per heavy atom. The molecule has 0 amide bonds. The molecule has 0 saturated carbocycles. The summed E-state index contributed by atoms with van der Waals surface area (Å²) in [6.45, 7) is 13.0. The van der Waals surface area contributed by atoms with Gasteiger partial charge in [0.25, 0.3) is 0 Å². The van der Waals surface area contributed by atoms with Gasteiger partial charge in [0.05, 0.1) is 5.41 Å². The fraction of sp³-hybridized carbons (Fsp3) is 0.923. The maximum absolute atomic E-state index is 11.4. The Balaban J connectivity index is 4.64. The van der Waals surface area contributed by atoms with Gasteiger partial charge in [0.1, 0.15) is 0 Å². The molecule has 96 valence electrons. The lowest BCUT2D eigenvalue weighted by molar-refractivity contribution is -0.150. The first-order valence-electron chi connectivity index (χ1n) is 6.37. The Bertz CT molecular complexity index is 210. The van der Waals surface area contributed by atoms with Gasteiger partial charge in [0, 0.05) is 13.1 Å². The molecule has 0 saturated heterocycles. The summed E-state index contributed by atoms with van der Waals surface area (Å²) in [7, 11) is 0. The Morgan fingerprint density at radius 1 is 1.25 bits per heavy atom. The minimum atomic E-state index is -0.653. The third-order valence-corrected chi connectivity index (χ3v) is 3.40. The summed E-state index contributed by atoms with van der Waals surface area (Å²) in [6.07, 6.45) is 1.40. The Hall–Kier alpha value is -0.570. The summed E-state index contributed by atoms with van der Waals surface area (Å²) in [4.78, 5) is 13.6. The van der Waals surface area contributed by atoms with E-state index in [9.17, 15) is 9.90 Å². The molecule has 0 bridgehead atoms. The summed E-state index contributed by atoms with van der Waals surface area (Å²) >= 11 is 0. The van der Waals surface area contributed by atoms with Gasteiger partial charge in [0.2, 0.25) is 0 Å². The molecule has 0 aromatic heterocycles. The Kier molecular flexibility index (Phi) is 6.65. The first kappa shape index (κ1) is 15.4. The van der Waals surface area contributed by atoms with E-state index in [4.69, 9.17) is 0 Å². The van der Waals surface area contributed by atoms with E-state index in [1.165, 1.54) is 0 Å². The highest BCUT2D eigenvalue weighted by Gasteiger charge is 2.36. The molecular weight excluding hydrogens is 202 g/mol. The standard InChI is InChI=1S/C13H27NO2/c1-6-13(7-2,12(15)16)10-14(8-3)9-11(4)5/h11H,6-10H2,1-5H3,(H,15,16). The van der Waals surface area contributed by atoms with Crippen LogP contribution in [0.1, 0.15) is 47.5 Å². The second kappa shape index (κ2) is 6.89. The van der Waals surface area contributed by atoms with Crippen molar-refractivity contribution in [2.45, 2.75) is 47.5 Å². The van der Waals surface area contributed by atoms with Gasteiger partial charge >= 0.3 is 5.97 Å². The highest BCUT2D eigenvalue weighted by molar-refractivity contribution is 5.74. The molecule has 0 rings (SSSR count). The molecule has 3 nitrogen and oxygen atoms in total. The molecule has 0 radical (unpaired) electrons. The molecule has 0 aromatic carbocycles. The third kappa shape index (κ3) is 4.12. The molecule has 0 unspecified atom stereocenters. The molecule has 0 aromatic rings. The minimum Gasteiger partial charge on any atom is -0.481 e. The molecule has 16 heavy (non-hydrogen) atoms. The van der Waals surface area contributed by atoms with Gasteiger partial charge in [-0.15, -0.1) is 0 Å². The van der Waals surface area contributed by atoms with Crippen molar-refractivity contribution < 1.29 is 9.90 Å². The highest BCUT2D eigenvalue weighted by Crippen LogP contribution is 2.28. The summed E-state index contributed by atoms with van der Waals surface area (Å²) in [5.74, 6) is -0.0696. The average Bonchev–Trinajstić information content (AvgIpc) is 2.23. The molecule has 1 N–H and O–H groups in total. The third-order valence-electron chi connectivity index (χ3n) is 3.40. The molecule has 0 aliphatic rings. The first-order valence-corrected chi connectivity index (χ1v) is 6.37. The lowest BCUT2D eigenvalue weighted by Crippen LogP contribution is -2.43. The van der Waals surface area contributed by atoms with Crippen LogP contribution in [0.2, 0.25) is 0 Å². The molecule has 0 atom stereocenters. The van der Waals surface area contributed by atoms with Gasteiger partial charge in [-0.25, -0.2) is 0 Å². The first-order chi connectivity index (χ1) is 7.41. The summed E-state index contributed by atoms with van der Waals surface area (Å²) in [5.41, 5.74) is -0.565. The maximum atomic E-state index is 11.4. The number of carbonyl (C=O) groups is 1. The zero-order chi connectivity index (χ0) is 12.8. The number of hydrogen-bond donors (Lipinski definition) is 1. The van der Waals surface area contributed by atoms with Crippen LogP contribution in [0.5, 0.6) is 0 Å². The lowest BCUT2D eigenvalue weighted by Gasteiger charge is -2.34. The summed E-state index contributed by atoms with van der Waals surface area (Å²) in [6, 6.07) is 0. The average molecular weight is 229 g/mol. The zero-order valence-electron chi connectivity index (χ0n) is 11.4. The molecule has 0 fully saturated rings. The number of carboxylic acid groups (broad SMARTS) is 1. The van der Waals surface area contributed by atoms with E-state index in [0.717, 1.165) is 13.1 Å². The fourth-order valence-electron chi connectivity index (χ4n) is 2.09. The Morgan fingerprint density at radius 2 is 1.75 bits per heavy atom. The van der Waals surface area contributed by atoms with Crippen molar-refractivity contribution in [3.8, 4) is 0 Å². The quantitative estimate of drug-likeness (QED) is 0.695. The van der Waals surface area contributed by atoms with E-state index in [1.54, 1.807) is 0 Å². The monoisotopic (exact) mass is 229 g/mol. The van der Waals surface area contributed by atoms with Crippen LogP contribution in [0.3, 0.4) is 0 Å². The lowest BCUT2D eigenvalue weighted by atomic mass is 9.81. The van der Waals surface area contributed by atoms with Crippen molar-refractivity contribution in [1.29, 1.82) is 0 Å². The number of carboxylic acids is 1. The fourth-order valence-corrected chi connectivity index (χ4v) is 2.09. The highest BCUT2D eigenvalue weighted by atomic mass is 16.4. The summed E-state index contributed by atoms with van der Waals surface area (Å²) in [5, 5.41) is 9.38. The van der Waals surface area contributed by atoms with Crippen LogP contribution in [0.4, 0.5) is 0 Å². The van der Waals surface area contributed by atoms with E-state index in [0.29, 0.717) is 25.3 Å². The van der Waals surface area contributed by atoms with Crippen LogP contribution < -0.4 is 0 Å². The largest absolute Gasteiger partial charge is 0.481 e. The molecule has 0 heterocycles. The van der Waals surface area contributed by atoms with Crippen molar-refractivity contribution in [2.75, 3.05) is 19.6 Å². The molecule has 0 aliphatic carbocycles. The van der Waals surface area contributed by atoms with E-state index in [2.05, 4.69) is 25.7 Å². The van der Waals surface area contributed by atoms with Crippen molar-refractivity contribution in [3.05, 3.63) is 0 Å². The van der Waals surface area contributed by atoms with Crippen LogP contribution in [-0.4, -0.2) is 35.6 Å². The van der Waals surface area contributed by atoms with Crippen LogP contribution in [0.25, 0.3) is 0 Å². The van der Waals surface area contributed by atoms with Crippen LogP contribution in [0, 0.1) is 11.3 Å². The van der Waals surface area contributed by atoms with Gasteiger partial charge < -0.3 is 10.0 Å². The van der Waals surface area contributed by atoms with Gasteiger partial charge in [-0.05, 0) is 25.3 Å². The molecule has 3 heteroatoms. The number of aliphatic carboxylic acids is 1. The SMILES string of the molecule is CCN(CC(C)C)CC(CC)(CC)C(=O)O. The summed E-state index contributed by atoms with van der Waals surface area (Å²) < 4.78 is 0. The minimum absolute atomic E-state index is 0.565. The van der Waals surface area contributed by atoms with E-state index in [-0.39, 0.29) is 0 Å². The molecule has 0 aliphatic heterocycles. The molecule has 0 spiro atoms. The van der Waals surface area contributed by atoms with Gasteiger partial charge in [-0.1, -0.05) is 34.6 Å². The zero-order valence-corrected chi connectivity index (χ0v) is 11.4. The van der Waals surface area contributed by atoms with Gasteiger partial charge in [-0.2, -0.15) is 0 Å². The van der Waals surface area contributed by atoms with Crippen molar-refractivity contribution in [2.24, 2.45) is 11.3 Å². The predicted octanol–water partition coefficient (Wildman–Crippen LogP) is 2.86. The normalized spacial score (nSPS) is 12.4. The van der Waals surface area contributed by atoms with Crippen LogP contribution >= 0.6 is 0 Å². The molecular formula is C13H27NO2. The Labute approximate surface area is 99.8 Å². The second-order valence-electron chi connectivity index (χ2n) is 5.01. The number of rotatable bonds is 8. The predicted molar refractivity (Wildman–Crippen MR) is 67.6 cm³/mol. The smallest absolute Gasteiger partial charge is 0.310 e. The second-order valence-corrected chi connectivity index (χ2v) is 5.01.